The van der Waals surface area contributed by atoms with Crippen LogP contribution in [-0.2, 0) is 10.2 Å². The normalized spacial score (nSPS) is 15.1. The lowest BCUT2D eigenvalue weighted by Crippen LogP contribution is -2.38. The fraction of sp³-hybridized carbons (Fsp3) is 0.364. The summed E-state index contributed by atoms with van der Waals surface area (Å²) in [7, 11) is 0. The van der Waals surface area contributed by atoms with Gasteiger partial charge >= 0.3 is 0 Å². The Morgan fingerprint density at radius 3 is 2.56 bits per heavy atom. The van der Waals surface area contributed by atoms with E-state index in [0.717, 1.165) is 37.7 Å². The first-order valence-electron chi connectivity index (χ1n) is 9.33. The van der Waals surface area contributed by atoms with Crippen molar-refractivity contribution in [2.75, 3.05) is 11.9 Å². The highest BCUT2D eigenvalue weighted by Crippen LogP contribution is 2.42. The van der Waals surface area contributed by atoms with Crippen LogP contribution in [-0.4, -0.2) is 12.5 Å². The van der Waals surface area contributed by atoms with Crippen molar-refractivity contribution in [1.29, 1.82) is 5.26 Å². The molecule has 0 heterocycles. The molecule has 2 aromatic carbocycles. The molecule has 1 amide bonds. The van der Waals surface area contributed by atoms with Gasteiger partial charge in [0.1, 0.15) is 11.8 Å². The van der Waals surface area contributed by atoms with Crippen molar-refractivity contribution in [3.05, 3.63) is 58.6 Å². The Hall–Kier alpha value is -2.51. The topological polar surface area (TPSA) is 62.1 Å². The fourth-order valence-corrected chi connectivity index (χ4v) is 3.80. The minimum absolute atomic E-state index is 0.0339. The van der Waals surface area contributed by atoms with Crippen molar-refractivity contribution in [1.82, 2.24) is 0 Å². The van der Waals surface area contributed by atoms with Gasteiger partial charge in [-0.25, -0.2) is 0 Å². The van der Waals surface area contributed by atoms with Crippen molar-refractivity contribution in [3.63, 3.8) is 0 Å². The highest BCUT2D eigenvalue weighted by Gasteiger charge is 2.42. The minimum Gasteiger partial charge on any atom is -0.492 e. The standard InChI is InChI=1S/C22H23ClN2O2/c1-2-13-27-20-10-9-19(14-16(20)15-24)25-21(26)22(11-3-4-12-22)17-5-7-18(23)8-6-17/h5-10,14H,2-4,11-13H2,1H3,(H,25,26). The number of benzene rings is 2. The van der Waals surface area contributed by atoms with Gasteiger partial charge in [0.25, 0.3) is 0 Å². The molecule has 1 saturated carbocycles. The van der Waals surface area contributed by atoms with Gasteiger partial charge in [-0.2, -0.15) is 5.26 Å². The van der Waals surface area contributed by atoms with Gasteiger partial charge in [-0.1, -0.05) is 43.5 Å². The van der Waals surface area contributed by atoms with E-state index >= 15 is 0 Å². The van der Waals surface area contributed by atoms with Gasteiger partial charge in [0.2, 0.25) is 5.91 Å². The maximum Gasteiger partial charge on any atom is 0.235 e. The van der Waals surface area contributed by atoms with Crippen molar-refractivity contribution in [2.45, 2.75) is 44.4 Å². The van der Waals surface area contributed by atoms with Crippen LogP contribution in [0.2, 0.25) is 5.02 Å². The van der Waals surface area contributed by atoms with E-state index in [1.807, 2.05) is 31.2 Å². The van der Waals surface area contributed by atoms with Crippen LogP contribution < -0.4 is 10.1 Å². The molecule has 0 spiro atoms. The molecule has 27 heavy (non-hydrogen) atoms. The number of amides is 1. The van der Waals surface area contributed by atoms with E-state index in [1.165, 1.54) is 0 Å². The molecule has 0 aromatic heterocycles. The van der Waals surface area contributed by atoms with Crippen molar-refractivity contribution in [2.24, 2.45) is 0 Å². The number of hydrogen-bond acceptors (Lipinski definition) is 3. The Kier molecular flexibility index (Phi) is 6.03. The Balaban J connectivity index is 1.84. The van der Waals surface area contributed by atoms with Crippen LogP contribution in [0.5, 0.6) is 5.75 Å². The molecule has 0 saturated heterocycles. The maximum atomic E-state index is 13.2. The predicted octanol–water partition coefficient (Wildman–Crippen LogP) is 5.45. The summed E-state index contributed by atoms with van der Waals surface area (Å²) in [5.74, 6) is 0.513. The lowest BCUT2D eigenvalue weighted by atomic mass is 9.78. The van der Waals surface area contributed by atoms with E-state index in [9.17, 15) is 10.1 Å². The van der Waals surface area contributed by atoms with Crippen LogP contribution in [0, 0.1) is 11.3 Å². The average molecular weight is 383 g/mol. The number of halogens is 1. The second-order valence-corrected chi connectivity index (χ2v) is 7.36. The highest BCUT2D eigenvalue weighted by atomic mass is 35.5. The number of nitrogens with zero attached hydrogens (tertiary/aromatic N) is 1. The quantitative estimate of drug-likeness (QED) is 0.722. The monoisotopic (exact) mass is 382 g/mol. The summed E-state index contributed by atoms with van der Waals surface area (Å²) in [4.78, 5) is 13.2. The Labute approximate surface area is 165 Å². The maximum absolute atomic E-state index is 13.2. The van der Waals surface area contributed by atoms with Crippen LogP contribution in [0.3, 0.4) is 0 Å². The molecule has 4 nitrogen and oxygen atoms in total. The first-order valence-corrected chi connectivity index (χ1v) is 9.71. The van der Waals surface area contributed by atoms with Gasteiger partial charge in [-0.15, -0.1) is 0 Å². The number of ether oxygens (including phenoxy) is 1. The molecule has 3 rings (SSSR count). The van der Waals surface area contributed by atoms with E-state index in [1.54, 1.807) is 18.2 Å². The summed E-state index contributed by atoms with van der Waals surface area (Å²) in [6, 6.07) is 14.9. The highest BCUT2D eigenvalue weighted by molar-refractivity contribution is 6.30. The molecule has 0 aliphatic heterocycles. The van der Waals surface area contributed by atoms with Gasteiger partial charge in [-0.3, -0.25) is 4.79 Å². The third kappa shape index (κ3) is 4.09. The van der Waals surface area contributed by atoms with Crippen LogP contribution in [0.4, 0.5) is 5.69 Å². The number of anilines is 1. The fourth-order valence-electron chi connectivity index (χ4n) is 3.68. The summed E-state index contributed by atoms with van der Waals surface area (Å²) in [6.07, 6.45) is 4.52. The van der Waals surface area contributed by atoms with Gasteiger partial charge in [0.15, 0.2) is 0 Å². The third-order valence-corrected chi connectivity index (χ3v) is 5.36. The van der Waals surface area contributed by atoms with Gasteiger partial charge in [0, 0.05) is 10.7 Å². The van der Waals surface area contributed by atoms with Crippen molar-refractivity contribution < 1.29 is 9.53 Å². The molecule has 1 aliphatic rings. The molecule has 0 bridgehead atoms. The molecule has 1 aliphatic carbocycles. The lowest BCUT2D eigenvalue weighted by Gasteiger charge is -2.28. The second kappa shape index (κ2) is 8.45. The lowest BCUT2D eigenvalue weighted by molar-refractivity contribution is -0.121. The van der Waals surface area contributed by atoms with E-state index in [-0.39, 0.29) is 5.91 Å². The molecule has 0 unspecified atom stereocenters. The number of hydrogen-bond donors (Lipinski definition) is 1. The third-order valence-electron chi connectivity index (χ3n) is 5.11. The SMILES string of the molecule is CCCOc1ccc(NC(=O)C2(c3ccc(Cl)cc3)CCCC2)cc1C#N. The molecule has 0 radical (unpaired) electrons. The molecule has 1 fully saturated rings. The molecule has 5 heteroatoms. The van der Waals surface area contributed by atoms with Crippen molar-refractivity contribution in [3.8, 4) is 11.8 Å². The Bertz CT molecular complexity index is 850. The number of carbonyl (C=O) groups is 1. The minimum atomic E-state index is -0.547. The zero-order valence-electron chi connectivity index (χ0n) is 15.4. The second-order valence-electron chi connectivity index (χ2n) is 6.92. The van der Waals surface area contributed by atoms with Gasteiger partial charge in [0.05, 0.1) is 17.6 Å². The van der Waals surface area contributed by atoms with E-state index in [4.69, 9.17) is 16.3 Å². The van der Waals surface area contributed by atoms with E-state index < -0.39 is 5.41 Å². The molecule has 2 aromatic rings. The molecular weight excluding hydrogens is 360 g/mol. The molecule has 1 N–H and O–H groups in total. The molecule has 0 atom stereocenters. The summed E-state index contributed by atoms with van der Waals surface area (Å²) in [6.45, 7) is 2.57. The largest absolute Gasteiger partial charge is 0.492 e. The van der Waals surface area contributed by atoms with Crippen LogP contribution in [0.15, 0.2) is 42.5 Å². The summed E-state index contributed by atoms with van der Waals surface area (Å²) < 4.78 is 5.59. The van der Waals surface area contributed by atoms with Crippen LogP contribution in [0.1, 0.15) is 50.2 Å². The number of rotatable bonds is 6. The molecule has 140 valence electrons. The van der Waals surface area contributed by atoms with E-state index in [0.29, 0.717) is 28.6 Å². The summed E-state index contributed by atoms with van der Waals surface area (Å²) in [5.41, 5.74) is 1.48. The smallest absolute Gasteiger partial charge is 0.235 e. The van der Waals surface area contributed by atoms with Crippen LogP contribution in [0.25, 0.3) is 0 Å². The number of nitrogens with one attached hydrogen (secondary N) is 1. The average Bonchev–Trinajstić information content (AvgIpc) is 3.18. The first kappa shape index (κ1) is 19.3. The Morgan fingerprint density at radius 2 is 1.93 bits per heavy atom. The number of carbonyl (C=O) groups excluding carboxylic acids is 1. The zero-order valence-corrected chi connectivity index (χ0v) is 16.2. The zero-order chi connectivity index (χ0) is 19.3. The Morgan fingerprint density at radius 1 is 1.22 bits per heavy atom. The van der Waals surface area contributed by atoms with E-state index in [2.05, 4.69) is 11.4 Å². The van der Waals surface area contributed by atoms with Crippen molar-refractivity contribution >= 4 is 23.2 Å². The summed E-state index contributed by atoms with van der Waals surface area (Å²) in [5, 5.41) is 13.1. The number of nitriles is 1. The summed E-state index contributed by atoms with van der Waals surface area (Å²) >= 11 is 6.01. The first-order chi connectivity index (χ1) is 13.1. The molecular formula is C22H23ClN2O2. The van der Waals surface area contributed by atoms with Crippen LogP contribution >= 0.6 is 11.6 Å². The van der Waals surface area contributed by atoms with Gasteiger partial charge < -0.3 is 10.1 Å². The predicted molar refractivity (Wildman–Crippen MR) is 107 cm³/mol. The van der Waals surface area contributed by atoms with Gasteiger partial charge in [-0.05, 0) is 55.2 Å².